The van der Waals surface area contributed by atoms with E-state index in [1.54, 1.807) is 14.0 Å². The van der Waals surface area contributed by atoms with E-state index in [2.05, 4.69) is 29.6 Å². The predicted octanol–water partition coefficient (Wildman–Crippen LogP) is 6.61. The number of carbonyl (C=O) groups excluding carboxylic acids is 2. The zero-order valence-corrected chi connectivity index (χ0v) is 22.2. The first-order valence-electron chi connectivity index (χ1n) is 12.8. The van der Waals surface area contributed by atoms with Crippen LogP contribution in [0.1, 0.15) is 28.5 Å². The Hall–Kier alpha value is -4.78. The third kappa shape index (κ3) is 5.16. The van der Waals surface area contributed by atoms with Crippen LogP contribution in [0.25, 0.3) is 32.8 Å². The number of hydrogen-bond acceptors (Lipinski definition) is 5. The molecular weight excluding hydrogens is 492 g/mol. The molecule has 1 amide bonds. The number of aryl methyl sites for hydroxylation is 1. The second-order valence-electron chi connectivity index (χ2n) is 9.11. The van der Waals surface area contributed by atoms with Gasteiger partial charge < -0.3 is 24.1 Å². The molecule has 1 aromatic heterocycles. The third-order valence-electron chi connectivity index (χ3n) is 6.81. The fourth-order valence-electron chi connectivity index (χ4n) is 4.92. The Morgan fingerprint density at radius 2 is 1.59 bits per heavy atom. The van der Waals surface area contributed by atoms with Gasteiger partial charge in [0.1, 0.15) is 12.4 Å². The number of ether oxygens (including phenoxy) is 3. The minimum Gasteiger partial charge on any atom is -0.496 e. The van der Waals surface area contributed by atoms with E-state index in [0.717, 1.165) is 33.0 Å². The summed E-state index contributed by atoms with van der Waals surface area (Å²) in [5, 5.41) is 5.69. The van der Waals surface area contributed by atoms with E-state index in [0.29, 0.717) is 22.4 Å². The van der Waals surface area contributed by atoms with Crippen LogP contribution >= 0.6 is 0 Å². The number of hydrogen-bond donors (Lipinski definition) is 1. The summed E-state index contributed by atoms with van der Waals surface area (Å²) in [6, 6.07) is 27.7. The lowest BCUT2D eigenvalue weighted by Crippen LogP contribution is -2.26. The molecule has 1 N–H and O–H groups in total. The number of esters is 1. The smallest absolute Gasteiger partial charge is 0.407 e. The van der Waals surface area contributed by atoms with Crippen molar-refractivity contribution in [2.24, 2.45) is 7.05 Å². The molecule has 1 heterocycles. The molecule has 5 rings (SSSR count). The standard InChI is InChI=1S/C32H30N2O5/c1-4-38-31(35)30-26-18-29(37-3)25(24-16-10-14-22-13-8-9-15-23(22)24)17-27(26)34(2)28(30)19-33-32(36)39-20-21-11-6-5-7-12-21/h5-18H,4,19-20H2,1-3H3,(H,33,36). The number of aromatic nitrogens is 1. The second-order valence-corrected chi connectivity index (χ2v) is 9.11. The molecule has 0 bridgehead atoms. The van der Waals surface area contributed by atoms with Gasteiger partial charge in [-0.1, -0.05) is 72.8 Å². The number of fused-ring (bicyclic) bond motifs is 2. The van der Waals surface area contributed by atoms with Gasteiger partial charge in [0, 0.05) is 23.5 Å². The lowest BCUT2D eigenvalue weighted by atomic mass is 9.96. The van der Waals surface area contributed by atoms with Gasteiger partial charge in [-0.2, -0.15) is 0 Å². The van der Waals surface area contributed by atoms with Crippen LogP contribution in [-0.2, 0) is 29.7 Å². The number of carbonyl (C=O) groups is 2. The van der Waals surface area contributed by atoms with Crippen LogP contribution in [0.15, 0.2) is 84.9 Å². The van der Waals surface area contributed by atoms with Gasteiger partial charge in [0.25, 0.3) is 0 Å². The van der Waals surface area contributed by atoms with Gasteiger partial charge in [-0.3, -0.25) is 0 Å². The molecule has 0 atom stereocenters. The molecule has 39 heavy (non-hydrogen) atoms. The van der Waals surface area contributed by atoms with E-state index >= 15 is 0 Å². The molecule has 0 fully saturated rings. The van der Waals surface area contributed by atoms with Crippen molar-refractivity contribution in [2.75, 3.05) is 13.7 Å². The molecule has 0 unspecified atom stereocenters. The maximum absolute atomic E-state index is 13.2. The topological polar surface area (TPSA) is 78.8 Å². The van der Waals surface area contributed by atoms with Crippen molar-refractivity contribution in [1.29, 1.82) is 0 Å². The van der Waals surface area contributed by atoms with Crippen LogP contribution in [0, 0.1) is 0 Å². The zero-order chi connectivity index (χ0) is 27.4. The lowest BCUT2D eigenvalue weighted by molar-refractivity contribution is 0.0526. The molecule has 5 aromatic rings. The number of amides is 1. The van der Waals surface area contributed by atoms with Crippen molar-refractivity contribution in [1.82, 2.24) is 9.88 Å². The van der Waals surface area contributed by atoms with Gasteiger partial charge >= 0.3 is 12.1 Å². The van der Waals surface area contributed by atoms with Gasteiger partial charge in [-0.15, -0.1) is 0 Å². The van der Waals surface area contributed by atoms with Crippen LogP contribution in [0.3, 0.4) is 0 Å². The largest absolute Gasteiger partial charge is 0.496 e. The van der Waals surface area contributed by atoms with E-state index in [4.69, 9.17) is 14.2 Å². The molecule has 0 spiro atoms. The first kappa shape index (κ1) is 25.9. The first-order valence-corrected chi connectivity index (χ1v) is 12.8. The summed E-state index contributed by atoms with van der Waals surface area (Å²) in [5.74, 6) is 0.175. The highest BCUT2D eigenvalue weighted by atomic mass is 16.5. The Labute approximate surface area is 226 Å². The minimum absolute atomic E-state index is 0.0822. The Bertz CT molecular complexity index is 1650. The van der Waals surface area contributed by atoms with E-state index in [1.807, 2.05) is 72.3 Å². The molecule has 0 aliphatic carbocycles. The van der Waals surface area contributed by atoms with Crippen molar-refractivity contribution >= 4 is 33.7 Å². The number of nitrogens with zero attached hydrogens (tertiary/aromatic N) is 1. The van der Waals surface area contributed by atoms with E-state index < -0.39 is 12.1 Å². The molecule has 0 saturated carbocycles. The van der Waals surface area contributed by atoms with E-state index in [9.17, 15) is 9.59 Å². The molecule has 0 aliphatic heterocycles. The Balaban J connectivity index is 1.55. The third-order valence-corrected chi connectivity index (χ3v) is 6.81. The second kappa shape index (κ2) is 11.3. The fraction of sp³-hybridized carbons (Fsp3) is 0.188. The van der Waals surface area contributed by atoms with Crippen molar-refractivity contribution in [3.05, 3.63) is 102 Å². The molecule has 4 aromatic carbocycles. The average molecular weight is 523 g/mol. The van der Waals surface area contributed by atoms with Crippen molar-refractivity contribution in [3.63, 3.8) is 0 Å². The number of benzene rings is 4. The molecule has 7 heteroatoms. The van der Waals surface area contributed by atoms with Crippen molar-refractivity contribution in [3.8, 4) is 16.9 Å². The maximum atomic E-state index is 13.2. The van der Waals surface area contributed by atoms with Crippen LogP contribution < -0.4 is 10.1 Å². The Morgan fingerprint density at radius 3 is 2.36 bits per heavy atom. The van der Waals surface area contributed by atoms with E-state index in [1.165, 1.54) is 0 Å². The van der Waals surface area contributed by atoms with E-state index in [-0.39, 0.29) is 19.8 Å². The van der Waals surface area contributed by atoms with Crippen LogP contribution in [-0.4, -0.2) is 30.3 Å². The van der Waals surface area contributed by atoms with Crippen molar-refractivity contribution < 1.29 is 23.8 Å². The zero-order valence-electron chi connectivity index (χ0n) is 22.2. The summed E-state index contributed by atoms with van der Waals surface area (Å²) in [6.07, 6.45) is -0.576. The van der Waals surface area contributed by atoms with Crippen LogP contribution in [0.5, 0.6) is 5.75 Å². The normalized spacial score (nSPS) is 10.9. The summed E-state index contributed by atoms with van der Waals surface area (Å²) in [5.41, 5.74) is 4.63. The molecular formula is C32H30N2O5. The highest BCUT2D eigenvalue weighted by Gasteiger charge is 2.25. The first-order chi connectivity index (χ1) is 19.0. The lowest BCUT2D eigenvalue weighted by Gasteiger charge is -2.13. The Morgan fingerprint density at radius 1 is 0.846 bits per heavy atom. The van der Waals surface area contributed by atoms with Crippen molar-refractivity contribution in [2.45, 2.75) is 20.1 Å². The van der Waals surface area contributed by atoms with Crippen LogP contribution in [0.2, 0.25) is 0 Å². The van der Waals surface area contributed by atoms with Gasteiger partial charge in [0.2, 0.25) is 0 Å². The molecule has 0 saturated heterocycles. The molecule has 0 aliphatic rings. The number of nitrogens with one attached hydrogen (secondary N) is 1. The number of alkyl carbamates (subject to hydrolysis) is 1. The summed E-state index contributed by atoms with van der Waals surface area (Å²) < 4.78 is 18.5. The highest BCUT2D eigenvalue weighted by molar-refractivity contribution is 6.09. The van der Waals surface area contributed by atoms with Gasteiger partial charge in [0.15, 0.2) is 0 Å². The fourth-order valence-corrected chi connectivity index (χ4v) is 4.92. The van der Waals surface area contributed by atoms with Crippen LogP contribution in [0.4, 0.5) is 4.79 Å². The quantitative estimate of drug-likeness (QED) is 0.232. The Kier molecular flexibility index (Phi) is 7.50. The number of methoxy groups -OCH3 is 1. The summed E-state index contributed by atoms with van der Waals surface area (Å²) in [4.78, 5) is 25.7. The van der Waals surface area contributed by atoms with Gasteiger partial charge in [-0.25, -0.2) is 9.59 Å². The highest BCUT2D eigenvalue weighted by Crippen LogP contribution is 2.40. The monoisotopic (exact) mass is 522 g/mol. The summed E-state index contributed by atoms with van der Waals surface area (Å²) in [7, 11) is 3.49. The summed E-state index contributed by atoms with van der Waals surface area (Å²) in [6.45, 7) is 2.23. The minimum atomic E-state index is -0.576. The average Bonchev–Trinajstić information content (AvgIpc) is 3.24. The molecule has 7 nitrogen and oxygen atoms in total. The maximum Gasteiger partial charge on any atom is 0.407 e. The SMILES string of the molecule is CCOC(=O)c1c(CNC(=O)OCc2ccccc2)n(C)c2cc(-c3cccc4ccccc34)c(OC)cc12. The number of rotatable bonds is 8. The summed E-state index contributed by atoms with van der Waals surface area (Å²) >= 11 is 0. The predicted molar refractivity (Wildman–Crippen MR) is 152 cm³/mol. The molecule has 0 radical (unpaired) electrons. The van der Waals surface area contributed by atoms with Gasteiger partial charge in [-0.05, 0) is 41.0 Å². The van der Waals surface area contributed by atoms with Gasteiger partial charge in [0.05, 0.1) is 31.5 Å². The molecule has 198 valence electrons.